The molecule has 0 aromatic heterocycles. The van der Waals surface area contributed by atoms with Crippen LogP contribution in [0.2, 0.25) is 0 Å². The normalized spacial score (nSPS) is 21.5. The highest BCUT2D eigenvalue weighted by molar-refractivity contribution is 7.89. The number of sulfonamides is 1. The van der Waals surface area contributed by atoms with Gasteiger partial charge in [-0.05, 0) is 30.5 Å². The highest BCUT2D eigenvalue weighted by atomic mass is 32.2. The number of nitrogens with zero attached hydrogens (tertiary/aromatic N) is 2. The van der Waals surface area contributed by atoms with Crippen LogP contribution in [0.3, 0.4) is 0 Å². The van der Waals surface area contributed by atoms with Gasteiger partial charge in [-0.3, -0.25) is 4.79 Å². The minimum absolute atomic E-state index is 0.0833. The van der Waals surface area contributed by atoms with Crippen LogP contribution in [0.15, 0.2) is 60.7 Å². The fourth-order valence-corrected chi connectivity index (χ4v) is 5.89. The SMILES string of the molecule is O=C(c1ccccc1)N1CC(S(=O)(=O)N2CCCC2c2ccccc2)C1. The first-order chi connectivity index (χ1) is 12.6. The van der Waals surface area contributed by atoms with Gasteiger partial charge in [0.1, 0.15) is 5.25 Å². The molecule has 0 radical (unpaired) electrons. The lowest BCUT2D eigenvalue weighted by molar-refractivity contribution is 0.0655. The van der Waals surface area contributed by atoms with Gasteiger partial charge in [0.25, 0.3) is 5.91 Å². The molecule has 2 aromatic rings. The Labute approximate surface area is 154 Å². The summed E-state index contributed by atoms with van der Waals surface area (Å²) >= 11 is 0. The largest absolute Gasteiger partial charge is 0.336 e. The first-order valence-electron chi connectivity index (χ1n) is 8.97. The summed E-state index contributed by atoms with van der Waals surface area (Å²) in [4.78, 5) is 14.0. The van der Waals surface area contributed by atoms with E-state index in [4.69, 9.17) is 0 Å². The molecule has 2 saturated heterocycles. The molecule has 1 unspecified atom stereocenters. The van der Waals surface area contributed by atoms with Crippen LogP contribution in [0.4, 0.5) is 0 Å². The number of carbonyl (C=O) groups is 1. The van der Waals surface area contributed by atoms with E-state index in [0.717, 1.165) is 18.4 Å². The minimum atomic E-state index is -3.41. The van der Waals surface area contributed by atoms with Crippen LogP contribution in [-0.4, -0.2) is 48.4 Å². The summed E-state index contributed by atoms with van der Waals surface area (Å²) in [6.45, 7) is 1.10. The Balaban J connectivity index is 1.46. The Bertz CT molecular complexity index is 878. The van der Waals surface area contributed by atoms with Crippen molar-refractivity contribution in [3.8, 4) is 0 Å². The van der Waals surface area contributed by atoms with E-state index in [-0.39, 0.29) is 25.0 Å². The third-order valence-electron chi connectivity index (χ3n) is 5.29. The minimum Gasteiger partial charge on any atom is -0.336 e. The molecule has 5 nitrogen and oxygen atoms in total. The first kappa shape index (κ1) is 17.2. The van der Waals surface area contributed by atoms with E-state index in [0.29, 0.717) is 12.1 Å². The van der Waals surface area contributed by atoms with Crippen LogP contribution in [0, 0.1) is 0 Å². The Morgan fingerprint density at radius 3 is 2.19 bits per heavy atom. The van der Waals surface area contributed by atoms with Gasteiger partial charge in [-0.2, -0.15) is 4.31 Å². The predicted molar refractivity (Wildman–Crippen MR) is 100 cm³/mol. The van der Waals surface area contributed by atoms with Gasteiger partial charge in [-0.25, -0.2) is 8.42 Å². The zero-order valence-electron chi connectivity index (χ0n) is 14.5. The van der Waals surface area contributed by atoms with Crippen LogP contribution < -0.4 is 0 Å². The van der Waals surface area contributed by atoms with Crippen molar-refractivity contribution in [3.63, 3.8) is 0 Å². The monoisotopic (exact) mass is 370 g/mol. The molecule has 6 heteroatoms. The van der Waals surface area contributed by atoms with Crippen molar-refractivity contribution >= 4 is 15.9 Å². The third-order valence-corrected chi connectivity index (χ3v) is 7.52. The topological polar surface area (TPSA) is 57.7 Å². The lowest BCUT2D eigenvalue weighted by Gasteiger charge is -2.41. The standard InChI is InChI=1S/C20H22N2O3S/c23-20(17-10-5-2-6-11-17)21-14-18(15-21)26(24,25)22-13-7-12-19(22)16-8-3-1-4-9-16/h1-6,8-11,18-19H,7,12-15H2. The molecule has 2 heterocycles. The lowest BCUT2D eigenvalue weighted by atomic mass is 10.1. The van der Waals surface area contributed by atoms with Crippen molar-refractivity contribution in [2.45, 2.75) is 24.1 Å². The van der Waals surface area contributed by atoms with Crippen LogP contribution in [-0.2, 0) is 10.0 Å². The predicted octanol–water partition coefficient (Wildman–Crippen LogP) is 2.68. The smallest absolute Gasteiger partial charge is 0.253 e. The van der Waals surface area contributed by atoms with E-state index in [1.807, 2.05) is 48.5 Å². The van der Waals surface area contributed by atoms with Gasteiger partial charge in [-0.15, -0.1) is 0 Å². The first-order valence-corrected chi connectivity index (χ1v) is 10.5. The summed E-state index contributed by atoms with van der Waals surface area (Å²) in [6.07, 6.45) is 1.72. The van der Waals surface area contributed by atoms with Crippen LogP contribution in [0.1, 0.15) is 34.8 Å². The van der Waals surface area contributed by atoms with E-state index in [1.54, 1.807) is 21.3 Å². The van der Waals surface area contributed by atoms with Crippen molar-refractivity contribution in [3.05, 3.63) is 71.8 Å². The van der Waals surface area contributed by atoms with Gasteiger partial charge in [0.15, 0.2) is 0 Å². The molecule has 2 aliphatic rings. The lowest BCUT2D eigenvalue weighted by Crippen LogP contribution is -2.59. The highest BCUT2D eigenvalue weighted by Crippen LogP contribution is 2.36. The Morgan fingerprint density at radius 1 is 0.923 bits per heavy atom. The van der Waals surface area contributed by atoms with Crippen molar-refractivity contribution in [1.29, 1.82) is 0 Å². The van der Waals surface area contributed by atoms with E-state index in [2.05, 4.69) is 0 Å². The zero-order valence-corrected chi connectivity index (χ0v) is 15.3. The van der Waals surface area contributed by atoms with Gasteiger partial charge < -0.3 is 4.90 Å². The van der Waals surface area contributed by atoms with Crippen LogP contribution in [0.25, 0.3) is 0 Å². The van der Waals surface area contributed by atoms with E-state index >= 15 is 0 Å². The fraction of sp³-hybridized carbons (Fsp3) is 0.350. The molecule has 0 bridgehead atoms. The van der Waals surface area contributed by atoms with Gasteiger partial charge in [0.05, 0.1) is 0 Å². The molecule has 0 N–H and O–H groups in total. The van der Waals surface area contributed by atoms with E-state index in [1.165, 1.54) is 0 Å². The number of hydrogen-bond donors (Lipinski definition) is 0. The average molecular weight is 370 g/mol. The summed E-state index contributed by atoms with van der Waals surface area (Å²) in [6, 6.07) is 18.7. The van der Waals surface area contributed by atoms with Crippen LogP contribution >= 0.6 is 0 Å². The second kappa shape index (κ2) is 6.85. The molecule has 1 atom stereocenters. The average Bonchev–Trinajstić information content (AvgIpc) is 3.12. The molecule has 136 valence electrons. The summed E-state index contributed by atoms with van der Waals surface area (Å²) in [5.41, 5.74) is 1.65. The number of benzene rings is 2. The van der Waals surface area contributed by atoms with Crippen molar-refractivity contribution < 1.29 is 13.2 Å². The van der Waals surface area contributed by atoms with Gasteiger partial charge >= 0.3 is 0 Å². The quantitative estimate of drug-likeness (QED) is 0.831. The summed E-state index contributed by atoms with van der Waals surface area (Å²) in [5, 5.41) is -0.500. The van der Waals surface area contributed by atoms with E-state index in [9.17, 15) is 13.2 Å². The molecule has 2 aromatic carbocycles. The van der Waals surface area contributed by atoms with Gasteiger partial charge in [0, 0.05) is 31.2 Å². The number of rotatable bonds is 4. The fourth-order valence-electron chi connectivity index (χ4n) is 3.80. The summed E-state index contributed by atoms with van der Waals surface area (Å²) in [7, 11) is -3.41. The Hall–Kier alpha value is -2.18. The Kier molecular flexibility index (Phi) is 4.54. The number of carbonyl (C=O) groups excluding carboxylic acids is 1. The second-order valence-electron chi connectivity index (χ2n) is 6.92. The molecule has 4 rings (SSSR count). The highest BCUT2D eigenvalue weighted by Gasteiger charge is 2.46. The molecule has 26 heavy (non-hydrogen) atoms. The van der Waals surface area contributed by atoms with Gasteiger partial charge in [-0.1, -0.05) is 48.5 Å². The maximum absolute atomic E-state index is 13.1. The summed E-state index contributed by atoms with van der Waals surface area (Å²) < 4.78 is 27.8. The third kappa shape index (κ3) is 3.04. The summed E-state index contributed by atoms with van der Waals surface area (Å²) in [5.74, 6) is -0.0990. The molecule has 0 saturated carbocycles. The van der Waals surface area contributed by atoms with Crippen LogP contribution in [0.5, 0.6) is 0 Å². The van der Waals surface area contributed by atoms with E-state index < -0.39 is 15.3 Å². The molecular weight excluding hydrogens is 348 g/mol. The number of amides is 1. The molecule has 0 aliphatic carbocycles. The maximum atomic E-state index is 13.1. The Morgan fingerprint density at radius 2 is 1.54 bits per heavy atom. The second-order valence-corrected chi connectivity index (χ2v) is 9.09. The molecular formula is C20H22N2O3S. The van der Waals surface area contributed by atoms with Crippen molar-refractivity contribution in [2.75, 3.05) is 19.6 Å². The molecule has 2 fully saturated rings. The number of likely N-dealkylation sites (tertiary alicyclic amines) is 1. The van der Waals surface area contributed by atoms with Crippen molar-refractivity contribution in [1.82, 2.24) is 9.21 Å². The number of hydrogen-bond acceptors (Lipinski definition) is 3. The van der Waals surface area contributed by atoms with Crippen molar-refractivity contribution in [2.24, 2.45) is 0 Å². The molecule has 2 aliphatic heterocycles. The maximum Gasteiger partial charge on any atom is 0.253 e. The molecule has 1 amide bonds. The molecule has 0 spiro atoms. The van der Waals surface area contributed by atoms with Gasteiger partial charge in [0.2, 0.25) is 10.0 Å². The zero-order chi connectivity index (χ0) is 18.1.